The van der Waals surface area contributed by atoms with E-state index in [2.05, 4.69) is 10.0 Å². The molecule has 0 aromatic heterocycles. The fourth-order valence-electron chi connectivity index (χ4n) is 3.91. The highest BCUT2D eigenvalue weighted by atomic mass is 32.2. The monoisotopic (exact) mass is 435 g/mol. The molecule has 0 atom stereocenters. The lowest BCUT2D eigenvalue weighted by Crippen LogP contribution is -2.37. The molecule has 2 N–H and O–H groups in total. The van der Waals surface area contributed by atoms with Gasteiger partial charge in [0, 0.05) is 17.9 Å². The molecule has 3 aromatic carbocycles. The van der Waals surface area contributed by atoms with Gasteiger partial charge in [0.2, 0.25) is 15.9 Å². The summed E-state index contributed by atoms with van der Waals surface area (Å²) in [6, 6.07) is 23.4. The Bertz CT molecular complexity index is 1180. The molecular weight excluding hydrogens is 410 g/mol. The predicted octanol–water partition coefficient (Wildman–Crippen LogP) is 4.12. The van der Waals surface area contributed by atoms with Gasteiger partial charge in [-0.15, -0.1) is 0 Å². The highest BCUT2D eigenvalue weighted by Gasteiger charge is 2.22. The lowest BCUT2D eigenvalue weighted by molar-refractivity contribution is -0.115. The van der Waals surface area contributed by atoms with Crippen LogP contribution in [0, 0.1) is 0 Å². The van der Waals surface area contributed by atoms with E-state index < -0.39 is 10.0 Å². The van der Waals surface area contributed by atoms with Gasteiger partial charge in [-0.3, -0.25) is 9.52 Å². The van der Waals surface area contributed by atoms with Crippen LogP contribution in [0.25, 0.3) is 11.1 Å². The Labute approximate surface area is 183 Å². The van der Waals surface area contributed by atoms with Crippen molar-refractivity contribution in [1.29, 1.82) is 0 Å². The highest BCUT2D eigenvalue weighted by molar-refractivity contribution is 7.92. The Kier molecular flexibility index (Phi) is 5.95. The van der Waals surface area contributed by atoms with Gasteiger partial charge in [-0.05, 0) is 53.8 Å². The number of anilines is 3. The first-order valence-electron chi connectivity index (χ1n) is 10.2. The predicted molar refractivity (Wildman–Crippen MR) is 126 cm³/mol. The highest BCUT2D eigenvalue weighted by Crippen LogP contribution is 2.33. The number of hydrogen-bond acceptors (Lipinski definition) is 4. The molecular formula is C24H25N3O3S. The first-order valence-corrected chi connectivity index (χ1v) is 12.1. The van der Waals surface area contributed by atoms with Crippen LogP contribution in [0.2, 0.25) is 0 Å². The van der Waals surface area contributed by atoms with Crippen LogP contribution in [0.15, 0.2) is 72.8 Å². The number of hydrogen-bond donors (Lipinski definition) is 2. The average molecular weight is 436 g/mol. The SMILES string of the molecule is CS(=O)(=O)Nc1cccc2c1CCCN2CC(=O)Nc1ccc(-c2ccccc2)cc1. The standard InChI is InChI=1S/C24H25N3O3S/c1-31(29,30)26-22-10-5-11-23-21(22)9-6-16-27(23)17-24(28)25-20-14-12-19(13-15-20)18-7-3-2-4-8-18/h2-5,7-8,10-15,26H,6,9,16-17H2,1H3,(H,25,28). The van der Waals surface area contributed by atoms with Crippen LogP contribution < -0.4 is 14.9 Å². The molecule has 3 aromatic rings. The molecule has 0 unspecified atom stereocenters. The third kappa shape index (κ3) is 5.24. The third-order valence-electron chi connectivity index (χ3n) is 5.25. The minimum atomic E-state index is -3.36. The van der Waals surface area contributed by atoms with E-state index in [4.69, 9.17) is 0 Å². The average Bonchev–Trinajstić information content (AvgIpc) is 2.74. The topological polar surface area (TPSA) is 78.5 Å². The van der Waals surface area contributed by atoms with Crippen molar-refractivity contribution >= 4 is 33.0 Å². The summed E-state index contributed by atoms with van der Waals surface area (Å²) < 4.78 is 25.9. The van der Waals surface area contributed by atoms with E-state index in [1.165, 1.54) is 0 Å². The summed E-state index contributed by atoms with van der Waals surface area (Å²) in [6.07, 6.45) is 2.77. The summed E-state index contributed by atoms with van der Waals surface area (Å²) in [7, 11) is -3.36. The maximum absolute atomic E-state index is 12.7. The quantitative estimate of drug-likeness (QED) is 0.611. The van der Waals surface area contributed by atoms with Gasteiger partial charge in [-0.1, -0.05) is 48.5 Å². The van der Waals surface area contributed by atoms with Crippen molar-refractivity contribution in [2.75, 3.05) is 34.3 Å². The Morgan fingerprint density at radius 1 is 0.935 bits per heavy atom. The molecule has 1 aliphatic rings. The second kappa shape index (κ2) is 8.81. The molecule has 31 heavy (non-hydrogen) atoms. The molecule has 0 fully saturated rings. The van der Waals surface area contributed by atoms with E-state index >= 15 is 0 Å². The number of amides is 1. The Balaban J connectivity index is 1.45. The molecule has 1 amide bonds. The first-order chi connectivity index (χ1) is 14.9. The largest absolute Gasteiger partial charge is 0.362 e. The van der Waals surface area contributed by atoms with Gasteiger partial charge < -0.3 is 10.2 Å². The minimum absolute atomic E-state index is 0.109. The molecule has 0 radical (unpaired) electrons. The molecule has 1 aliphatic heterocycles. The van der Waals surface area contributed by atoms with Crippen LogP contribution >= 0.6 is 0 Å². The number of benzene rings is 3. The first kappa shape index (κ1) is 20.9. The third-order valence-corrected chi connectivity index (χ3v) is 5.84. The van der Waals surface area contributed by atoms with Gasteiger partial charge >= 0.3 is 0 Å². The number of nitrogens with zero attached hydrogens (tertiary/aromatic N) is 1. The van der Waals surface area contributed by atoms with Crippen LogP contribution in [0.1, 0.15) is 12.0 Å². The molecule has 6 nitrogen and oxygen atoms in total. The van der Waals surface area contributed by atoms with Crippen LogP contribution in [0.3, 0.4) is 0 Å². The summed E-state index contributed by atoms with van der Waals surface area (Å²) in [5.41, 5.74) is 5.38. The van der Waals surface area contributed by atoms with E-state index in [1.54, 1.807) is 6.07 Å². The maximum atomic E-state index is 12.7. The van der Waals surface area contributed by atoms with Crippen molar-refractivity contribution in [3.05, 3.63) is 78.4 Å². The van der Waals surface area contributed by atoms with Crippen LogP contribution in [-0.2, 0) is 21.2 Å². The zero-order valence-corrected chi connectivity index (χ0v) is 18.2. The lowest BCUT2D eigenvalue weighted by Gasteiger charge is -2.32. The van der Waals surface area contributed by atoms with Gasteiger partial charge in [0.05, 0.1) is 18.5 Å². The number of carbonyl (C=O) groups excluding carboxylic acids is 1. The van der Waals surface area contributed by atoms with Crippen molar-refractivity contribution in [3.63, 3.8) is 0 Å². The van der Waals surface area contributed by atoms with Gasteiger partial charge in [-0.25, -0.2) is 8.42 Å². The van der Waals surface area contributed by atoms with Crippen LogP contribution in [-0.4, -0.2) is 33.7 Å². The zero-order chi connectivity index (χ0) is 21.8. The zero-order valence-electron chi connectivity index (χ0n) is 17.3. The van der Waals surface area contributed by atoms with E-state index in [9.17, 15) is 13.2 Å². The van der Waals surface area contributed by atoms with Crippen molar-refractivity contribution in [2.24, 2.45) is 0 Å². The fourth-order valence-corrected chi connectivity index (χ4v) is 4.50. The molecule has 4 rings (SSSR count). The van der Waals surface area contributed by atoms with Gasteiger partial charge in [0.1, 0.15) is 0 Å². The van der Waals surface area contributed by atoms with E-state index in [0.29, 0.717) is 5.69 Å². The molecule has 160 valence electrons. The second-order valence-electron chi connectivity index (χ2n) is 7.69. The summed E-state index contributed by atoms with van der Waals surface area (Å²) in [4.78, 5) is 14.7. The Morgan fingerprint density at radius 3 is 2.35 bits per heavy atom. The van der Waals surface area contributed by atoms with Crippen molar-refractivity contribution in [1.82, 2.24) is 0 Å². The molecule has 1 heterocycles. The summed E-state index contributed by atoms with van der Waals surface area (Å²) >= 11 is 0. The van der Waals surface area contributed by atoms with Gasteiger partial charge in [0.15, 0.2) is 0 Å². The lowest BCUT2D eigenvalue weighted by atomic mass is 10.00. The number of sulfonamides is 1. The fraction of sp³-hybridized carbons (Fsp3) is 0.208. The number of fused-ring (bicyclic) bond motifs is 1. The van der Waals surface area contributed by atoms with E-state index in [-0.39, 0.29) is 12.5 Å². The summed E-state index contributed by atoms with van der Waals surface area (Å²) in [5, 5.41) is 2.96. The molecule has 0 saturated carbocycles. The number of carbonyl (C=O) groups is 1. The van der Waals surface area contributed by atoms with Crippen LogP contribution in [0.4, 0.5) is 17.1 Å². The molecule has 0 spiro atoms. The summed E-state index contributed by atoms with van der Waals surface area (Å²) in [6.45, 7) is 0.950. The van der Waals surface area contributed by atoms with Gasteiger partial charge in [-0.2, -0.15) is 0 Å². The smallest absolute Gasteiger partial charge is 0.243 e. The van der Waals surface area contributed by atoms with Crippen LogP contribution in [0.5, 0.6) is 0 Å². The summed E-state index contributed by atoms with van der Waals surface area (Å²) in [5.74, 6) is -0.109. The van der Waals surface area contributed by atoms with Crippen molar-refractivity contribution in [3.8, 4) is 11.1 Å². The number of nitrogens with one attached hydrogen (secondary N) is 2. The molecule has 0 bridgehead atoms. The second-order valence-corrected chi connectivity index (χ2v) is 9.44. The molecule has 0 saturated heterocycles. The minimum Gasteiger partial charge on any atom is -0.362 e. The number of rotatable bonds is 6. The van der Waals surface area contributed by atoms with E-state index in [1.807, 2.05) is 71.6 Å². The Morgan fingerprint density at radius 2 is 1.65 bits per heavy atom. The van der Waals surface area contributed by atoms with Crippen molar-refractivity contribution in [2.45, 2.75) is 12.8 Å². The molecule has 0 aliphatic carbocycles. The van der Waals surface area contributed by atoms with Crippen molar-refractivity contribution < 1.29 is 13.2 Å². The maximum Gasteiger partial charge on any atom is 0.243 e. The molecule has 7 heteroatoms. The van der Waals surface area contributed by atoms with Gasteiger partial charge in [0.25, 0.3) is 0 Å². The van der Waals surface area contributed by atoms with E-state index in [0.717, 1.165) is 53.7 Å². The normalized spacial score (nSPS) is 13.4. The Hall–Kier alpha value is -3.32.